The SMILES string of the molecule is Cn1nc(NC(=O)C(F)(F)F)nc1C1CCCNC1. The molecule has 1 aromatic heterocycles. The average molecular weight is 277 g/mol. The van der Waals surface area contributed by atoms with Crippen LogP contribution in [0.2, 0.25) is 0 Å². The number of carbonyl (C=O) groups is 1. The van der Waals surface area contributed by atoms with Crippen molar-refractivity contribution in [3.8, 4) is 0 Å². The maximum absolute atomic E-state index is 12.1. The molecule has 0 saturated carbocycles. The van der Waals surface area contributed by atoms with Crippen LogP contribution in [0.3, 0.4) is 0 Å². The number of carbonyl (C=O) groups excluding carboxylic acids is 1. The monoisotopic (exact) mass is 277 g/mol. The maximum Gasteiger partial charge on any atom is 0.471 e. The molecule has 2 N–H and O–H groups in total. The van der Waals surface area contributed by atoms with Gasteiger partial charge in [-0.3, -0.25) is 14.8 Å². The first-order valence-electron chi connectivity index (χ1n) is 5.87. The highest BCUT2D eigenvalue weighted by molar-refractivity contribution is 5.93. The van der Waals surface area contributed by atoms with Crippen LogP contribution in [0.25, 0.3) is 0 Å². The molecular formula is C10H14F3N5O. The van der Waals surface area contributed by atoms with Gasteiger partial charge in [-0.1, -0.05) is 0 Å². The van der Waals surface area contributed by atoms with E-state index in [0.717, 1.165) is 19.4 Å². The number of aromatic nitrogens is 3. The molecule has 0 bridgehead atoms. The summed E-state index contributed by atoms with van der Waals surface area (Å²) in [4.78, 5) is 14.8. The summed E-state index contributed by atoms with van der Waals surface area (Å²) in [7, 11) is 1.60. The Hall–Kier alpha value is -1.64. The Morgan fingerprint density at radius 2 is 2.26 bits per heavy atom. The number of nitrogens with one attached hydrogen (secondary N) is 2. The molecule has 0 aliphatic carbocycles. The van der Waals surface area contributed by atoms with Crippen molar-refractivity contribution in [2.45, 2.75) is 24.9 Å². The largest absolute Gasteiger partial charge is 0.471 e. The van der Waals surface area contributed by atoms with Gasteiger partial charge in [0.05, 0.1) is 0 Å². The zero-order chi connectivity index (χ0) is 14.0. The highest BCUT2D eigenvalue weighted by atomic mass is 19.4. The van der Waals surface area contributed by atoms with Crippen molar-refractivity contribution in [2.24, 2.45) is 7.05 Å². The second-order valence-electron chi connectivity index (χ2n) is 4.41. The summed E-state index contributed by atoms with van der Waals surface area (Å²) in [5, 5.41) is 8.63. The number of halogens is 3. The third-order valence-electron chi connectivity index (χ3n) is 2.94. The van der Waals surface area contributed by atoms with Gasteiger partial charge in [-0.25, -0.2) is 0 Å². The average Bonchev–Trinajstić information content (AvgIpc) is 2.70. The topological polar surface area (TPSA) is 71.8 Å². The first kappa shape index (κ1) is 13.8. The Morgan fingerprint density at radius 3 is 2.84 bits per heavy atom. The van der Waals surface area contributed by atoms with E-state index in [9.17, 15) is 18.0 Å². The third kappa shape index (κ3) is 3.22. The summed E-state index contributed by atoms with van der Waals surface area (Å²) in [5.41, 5.74) is 0. The molecule has 2 heterocycles. The number of alkyl halides is 3. The Kier molecular flexibility index (Phi) is 3.74. The van der Waals surface area contributed by atoms with E-state index < -0.39 is 12.1 Å². The van der Waals surface area contributed by atoms with Gasteiger partial charge in [-0.15, -0.1) is 5.10 Å². The molecule has 106 valence electrons. The van der Waals surface area contributed by atoms with E-state index in [0.29, 0.717) is 12.4 Å². The van der Waals surface area contributed by atoms with Gasteiger partial charge in [0.15, 0.2) is 0 Å². The summed E-state index contributed by atoms with van der Waals surface area (Å²) >= 11 is 0. The fourth-order valence-electron chi connectivity index (χ4n) is 2.05. The summed E-state index contributed by atoms with van der Waals surface area (Å²) in [5.74, 6) is -1.70. The molecule has 1 atom stereocenters. The third-order valence-corrected chi connectivity index (χ3v) is 2.94. The van der Waals surface area contributed by atoms with E-state index in [1.807, 2.05) is 0 Å². The minimum Gasteiger partial charge on any atom is -0.316 e. The maximum atomic E-state index is 12.1. The number of hydrogen-bond acceptors (Lipinski definition) is 4. The molecule has 1 saturated heterocycles. The minimum atomic E-state index is -4.94. The van der Waals surface area contributed by atoms with E-state index >= 15 is 0 Å². The summed E-state index contributed by atoms with van der Waals surface area (Å²) < 4.78 is 37.7. The molecule has 0 spiro atoms. The molecule has 1 amide bonds. The van der Waals surface area contributed by atoms with Crippen LogP contribution in [0.15, 0.2) is 0 Å². The first-order valence-corrected chi connectivity index (χ1v) is 5.87. The number of aryl methyl sites for hydroxylation is 1. The van der Waals surface area contributed by atoms with Crippen LogP contribution in [0, 0.1) is 0 Å². The molecule has 19 heavy (non-hydrogen) atoms. The molecule has 1 aliphatic heterocycles. The number of amides is 1. The number of hydrogen-bond donors (Lipinski definition) is 2. The Balaban J connectivity index is 2.10. The van der Waals surface area contributed by atoms with Crippen molar-refractivity contribution >= 4 is 11.9 Å². The Bertz CT molecular complexity index is 464. The molecule has 0 radical (unpaired) electrons. The van der Waals surface area contributed by atoms with Gasteiger partial charge in [-0.2, -0.15) is 18.2 Å². The second kappa shape index (κ2) is 5.16. The highest BCUT2D eigenvalue weighted by Crippen LogP contribution is 2.23. The van der Waals surface area contributed by atoms with Gasteiger partial charge in [-0.05, 0) is 19.4 Å². The summed E-state index contributed by atoms with van der Waals surface area (Å²) in [6.07, 6.45) is -3.07. The van der Waals surface area contributed by atoms with Crippen molar-refractivity contribution in [3.63, 3.8) is 0 Å². The predicted octanol–water partition coefficient (Wildman–Crippen LogP) is 0.783. The Labute approximate surface area is 107 Å². The molecule has 1 unspecified atom stereocenters. The molecule has 6 nitrogen and oxygen atoms in total. The fraction of sp³-hybridized carbons (Fsp3) is 0.700. The standard InChI is InChI=1S/C10H14F3N5O/c1-18-7(6-3-2-4-14-5-6)15-9(17-18)16-8(19)10(11,12)13/h6,14H,2-5H2,1H3,(H,16,17,19). The second-order valence-corrected chi connectivity index (χ2v) is 4.41. The van der Waals surface area contributed by atoms with Crippen LogP contribution >= 0.6 is 0 Å². The number of rotatable bonds is 2. The van der Waals surface area contributed by atoms with Gasteiger partial charge in [0, 0.05) is 19.5 Å². The summed E-state index contributed by atoms with van der Waals surface area (Å²) in [6.45, 7) is 1.63. The number of nitrogens with zero attached hydrogens (tertiary/aromatic N) is 3. The lowest BCUT2D eigenvalue weighted by Crippen LogP contribution is -2.30. The normalized spacial score (nSPS) is 20.3. The van der Waals surface area contributed by atoms with E-state index in [4.69, 9.17) is 0 Å². The van der Waals surface area contributed by atoms with E-state index in [-0.39, 0.29) is 11.9 Å². The zero-order valence-corrected chi connectivity index (χ0v) is 10.3. The van der Waals surface area contributed by atoms with Crippen LogP contribution in [0.1, 0.15) is 24.6 Å². The van der Waals surface area contributed by atoms with Crippen LogP contribution < -0.4 is 10.6 Å². The Morgan fingerprint density at radius 1 is 1.53 bits per heavy atom. The molecule has 1 aromatic rings. The van der Waals surface area contributed by atoms with Gasteiger partial charge in [0.25, 0.3) is 0 Å². The smallest absolute Gasteiger partial charge is 0.316 e. The minimum absolute atomic E-state index is 0.0998. The molecule has 1 fully saturated rings. The quantitative estimate of drug-likeness (QED) is 0.838. The molecule has 9 heteroatoms. The van der Waals surface area contributed by atoms with E-state index in [2.05, 4.69) is 15.4 Å². The number of anilines is 1. The van der Waals surface area contributed by atoms with Crippen molar-refractivity contribution in [2.75, 3.05) is 18.4 Å². The lowest BCUT2D eigenvalue weighted by molar-refractivity contribution is -0.167. The van der Waals surface area contributed by atoms with Crippen molar-refractivity contribution < 1.29 is 18.0 Å². The van der Waals surface area contributed by atoms with Crippen LogP contribution in [0.4, 0.5) is 19.1 Å². The number of piperidine rings is 1. The molecule has 2 rings (SSSR count). The van der Waals surface area contributed by atoms with Crippen molar-refractivity contribution in [3.05, 3.63) is 5.82 Å². The van der Waals surface area contributed by atoms with Gasteiger partial charge in [0.1, 0.15) is 5.82 Å². The predicted molar refractivity (Wildman–Crippen MR) is 60.5 cm³/mol. The van der Waals surface area contributed by atoms with Gasteiger partial charge >= 0.3 is 12.1 Å². The van der Waals surface area contributed by atoms with Crippen LogP contribution in [0.5, 0.6) is 0 Å². The summed E-state index contributed by atoms with van der Waals surface area (Å²) in [6, 6.07) is 0. The lowest BCUT2D eigenvalue weighted by Gasteiger charge is -2.21. The first-order chi connectivity index (χ1) is 8.88. The van der Waals surface area contributed by atoms with Gasteiger partial charge < -0.3 is 5.32 Å². The van der Waals surface area contributed by atoms with Crippen LogP contribution in [-0.4, -0.2) is 39.9 Å². The zero-order valence-electron chi connectivity index (χ0n) is 10.3. The van der Waals surface area contributed by atoms with Gasteiger partial charge in [0.2, 0.25) is 5.95 Å². The molecular weight excluding hydrogens is 263 g/mol. The van der Waals surface area contributed by atoms with Crippen molar-refractivity contribution in [1.82, 2.24) is 20.1 Å². The fourth-order valence-corrected chi connectivity index (χ4v) is 2.05. The molecule has 1 aliphatic rings. The van der Waals surface area contributed by atoms with Crippen molar-refractivity contribution in [1.29, 1.82) is 0 Å². The lowest BCUT2D eigenvalue weighted by atomic mass is 9.99. The highest BCUT2D eigenvalue weighted by Gasteiger charge is 2.39. The van der Waals surface area contributed by atoms with E-state index in [1.165, 1.54) is 4.68 Å². The van der Waals surface area contributed by atoms with Crippen LogP contribution in [-0.2, 0) is 11.8 Å². The van der Waals surface area contributed by atoms with E-state index in [1.54, 1.807) is 12.4 Å². The molecule has 0 aromatic carbocycles.